The minimum atomic E-state index is -0.916. The van der Waals surface area contributed by atoms with E-state index >= 15 is 0 Å². The third-order valence-electron chi connectivity index (χ3n) is 2.80. The van der Waals surface area contributed by atoms with Crippen LogP contribution in [0.2, 0.25) is 0 Å². The molecule has 3 N–H and O–H groups in total. The Morgan fingerprint density at radius 3 is 2.92 bits per heavy atom. The minimum absolute atomic E-state index is 0.727. The number of rotatable bonds is 3. The topological polar surface area (TPSA) is 63.3 Å². The lowest BCUT2D eigenvalue weighted by Gasteiger charge is -2.22. The van der Waals surface area contributed by atoms with Crippen LogP contribution in [0.5, 0.6) is 0 Å². The summed E-state index contributed by atoms with van der Waals surface area (Å²) in [6.07, 6.45) is 6.12. The van der Waals surface area contributed by atoms with E-state index in [9.17, 15) is 4.79 Å². The lowest BCUT2D eigenvalue weighted by molar-refractivity contribution is -0.137. The van der Waals surface area contributed by atoms with Crippen molar-refractivity contribution in [1.82, 2.24) is 0 Å². The molecule has 0 radical (unpaired) electrons. The standard InChI is InChI=1S/C10H17NO2/c1-2-7-3-5-8(6-4-7)9(11)10(12)13/h5,7,9H,2-4,6,11H2,1H3,(H,12,13). The van der Waals surface area contributed by atoms with Crippen LogP contribution < -0.4 is 5.73 Å². The zero-order valence-electron chi connectivity index (χ0n) is 7.99. The van der Waals surface area contributed by atoms with Crippen LogP contribution in [0.25, 0.3) is 0 Å². The summed E-state index contributed by atoms with van der Waals surface area (Å²) in [6.45, 7) is 2.17. The number of nitrogens with two attached hydrogens (primary N) is 1. The largest absolute Gasteiger partial charge is 0.480 e. The molecule has 2 unspecified atom stereocenters. The van der Waals surface area contributed by atoms with Crippen LogP contribution in [0.1, 0.15) is 32.6 Å². The maximum atomic E-state index is 10.6. The van der Waals surface area contributed by atoms with Crippen LogP contribution in [-0.4, -0.2) is 17.1 Å². The van der Waals surface area contributed by atoms with Gasteiger partial charge in [-0.25, -0.2) is 0 Å². The molecular formula is C10H17NO2. The van der Waals surface area contributed by atoms with Gasteiger partial charge in [0.25, 0.3) is 0 Å². The first-order chi connectivity index (χ1) is 6.15. The molecular weight excluding hydrogens is 166 g/mol. The Morgan fingerprint density at radius 1 is 1.85 bits per heavy atom. The Morgan fingerprint density at radius 2 is 2.54 bits per heavy atom. The predicted molar refractivity (Wildman–Crippen MR) is 51.3 cm³/mol. The highest BCUT2D eigenvalue weighted by Crippen LogP contribution is 2.26. The highest BCUT2D eigenvalue weighted by molar-refractivity contribution is 5.77. The summed E-state index contributed by atoms with van der Waals surface area (Å²) in [7, 11) is 0. The van der Waals surface area contributed by atoms with E-state index in [1.165, 1.54) is 6.42 Å². The lowest BCUT2D eigenvalue weighted by atomic mass is 9.85. The van der Waals surface area contributed by atoms with Gasteiger partial charge in [0.1, 0.15) is 6.04 Å². The van der Waals surface area contributed by atoms with Gasteiger partial charge in [-0.15, -0.1) is 0 Å². The molecule has 0 aromatic rings. The van der Waals surface area contributed by atoms with Gasteiger partial charge in [-0.1, -0.05) is 19.4 Å². The van der Waals surface area contributed by atoms with E-state index in [-0.39, 0.29) is 0 Å². The first kappa shape index (κ1) is 10.3. The molecule has 13 heavy (non-hydrogen) atoms. The highest BCUT2D eigenvalue weighted by atomic mass is 16.4. The minimum Gasteiger partial charge on any atom is -0.480 e. The quantitative estimate of drug-likeness (QED) is 0.652. The first-order valence-electron chi connectivity index (χ1n) is 4.82. The van der Waals surface area contributed by atoms with Gasteiger partial charge in [0.2, 0.25) is 0 Å². The van der Waals surface area contributed by atoms with Crippen molar-refractivity contribution >= 4 is 5.97 Å². The average Bonchev–Trinajstić information content (AvgIpc) is 2.17. The van der Waals surface area contributed by atoms with E-state index in [1.54, 1.807) is 0 Å². The number of allylic oxidation sites excluding steroid dienone is 1. The third-order valence-corrected chi connectivity index (χ3v) is 2.80. The summed E-state index contributed by atoms with van der Waals surface area (Å²) in [6, 6.07) is -0.780. The van der Waals surface area contributed by atoms with Crippen LogP contribution in [-0.2, 0) is 4.79 Å². The van der Waals surface area contributed by atoms with Crippen molar-refractivity contribution in [1.29, 1.82) is 0 Å². The van der Waals surface area contributed by atoms with E-state index in [0.29, 0.717) is 0 Å². The third kappa shape index (κ3) is 2.56. The number of aliphatic carboxylic acids is 1. The molecule has 0 amide bonds. The van der Waals surface area contributed by atoms with E-state index in [1.807, 2.05) is 6.08 Å². The molecule has 1 aliphatic rings. The zero-order valence-corrected chi connectivity index (χ0v) is 7.99. The predicted octanol–water partition coefficient (Wildman–Crippen LogP) is 1.53. The van der Waals surface area contributed by atoms with Gasteiger partial charge in [0.15, 0.2) is 0 Å². The summed E-state index contributed by atoms with van der Waals surface area (Å²) < 4.78 is 0. The molecule has 0 heterocycles. The van der Waals surface area contributed by atoms with Crippen molar-refractivity contribution in [3.63, 3.8) is 0 Å². The second-order valence-corrected chi connectivity index (χ2v) is 3.64. The van der Waals surface area contributed by atoms with Gasteiger partial charge in [0, 0.05) is 0 Å². The Hall–Kier alpha value is -0.830. The highest BCUT2D eigenvalue weighted by Gasteiger charge is 2.21. The molecule has 3 nitrogen and oxygen atoms in total. The maximum absolute atomic E-state index is 10.6. The summed E-state index contributed by atoms with van der Waals surface area (Å²) in [5, 5.41) is 8.69. The summed E-state index contributed by atoms with van der Waals surface area (Å²) in [5.74, 6) is -0.189. The number of hydrogen-bond acceptors (Lipinski definition) is 2. The average molecular weight is 183 g/mol. The van der Waals surface area contributed by atoms with Gasteiger partial charge in [-0.05, 0) is 30.8 Å². The Labute approximate surface area is 78.6 Å². The molecule has 0 fully saturated rings. The van der Waals surface area contributed by atoms with E-state index < -0.39 is 12.0 Å². The SMILES string of the molecule is CCC1CC=C(C(N)C(=O)O)CC1. The van der Waals surface area contributed by atoms with Gasteiger partial charge < -0.3 is 10.8 Å². The Bertz CT molecular complexity index is 223. The fourth-order valence-corrected chi connectivity index (χ4v) is 1.72. The van der Waals surface area contributed by atoms with Crippen molar-refractivity contribution in [2.24, 2.45) is 11.7 Å². The van der Waals surface area contributed by atoms with Gasteiger partial charge in [0.05, 0.1) is 0 Å². The Kier molecular flexibility index (Phi) is 3.48. The van der Waals surface area contributed by atoms with Crippen molar-refractivity contribution in [2.75, 3.05) is 0 Å². The fourth-order valence-electron chi connectivity index (χ4n) is 1.72. The molecule has 1 aliphatic carbocycles. The van der Waals surface area contributed by atoms with Crippen molar-refractivity contribution in [3.8, 4) is 0 Å². The summed E-state index contributed by atoms with van der Waals surface area (Å²) >= 11 is 0. The second-order valence-electron chi connectivity index (χ2n) is 3.64. The second kappa shape index (κ2) is 4.42. The molecule has 3 heteroatoms. The number of hydrogen-bond donors (Lipinski definition) is 2. The molecule has 0 aromatic carbocycles. The molecule has 0 aromatic heterocycles. The van der Waals surface area contributed by atoms with E-state index in [2.05, 4.69) is 6.92 Å². The van der Waals surface area contributed by atoms with Crippen molar-refractivity contribution in [3.05, 3.63) is 11.6 Å². The van der Waals surface area contributed by atoms with Crippen LogP contribution in [0, 0.1) is 5.92 Å². The van der Waals surface area contributed by atoms with Crippen LogP contribution in [0.4, 0.5) is 0 Å². The molecule has 0 aliphatic heterocycles. The van der Waals surface area contributed by atoms with Gasteiger partial charge >= 0.3 is 5.97 Å². The summed E-state index contributed by atoms with van der Waals surface area (Å²) in [4.78, 5) is 10.6. The molecule has 1 rings (SSSR count). The number of carbonyl (C=O) groups is 1. The Balaban J connectivity index is 2.54. The van der Waals surface area contributed by atoms with Crippen LogP contribution in [0.3, 0.4) is 0 Å². The maximum Gasteiger partial charge on any atom is 0.324 e. The summed E-state index contributed by atoms with van der Waals surface area (Å²) in [5.41, 5.74) is 6.41. The van der Waals surface area contributed by atoms with Gasteiger partial charge in [-0.2, -0.15) is 0 Å². The molecule has 0 saturated heterocycles. The molecule has 0 spiro atoms. The van der Waals surface area contributed by atoms with E-state index in [0.717, 1.165) is 30.8 Å². The zero-order chi connectivity index (χ0) is 9.84. The van der Waals surface area contributed by atoms with Crippen LogP contribution >= 0.6 is 0 Å². The number of carboxylic acid groups (broad SMARTS) is 1. The van der Waals surface area contributed by atoms with Crippen molar-refractivity contribution in [2.45, 2.75) is 38.6 Å². The van der Waals surface area contributed by atoms with Gasteiger partial charge in [-0.3, -0.25) is 4.79 Å². The molecule has 74 valence electrons. The molecule has 2 atom stereocenters. The normalized spacial score (nSPS) is 25.1. The van der Waals surface area contributed by atoms with E-state index in [4.69, 9.17) is 10.8 Å². The monoisotopic (exact) mass is 183 g/mol. The molecule has 0 saturated carbocycles. The van der Waals surface area contributed by atoms with Crippen molar-refractivity contribution < 1.29 is 9.90 Å². The lowest BCUT2D eigenvalue weighted by Crippen LogP contribution is -2.33. The smallest absolute Gasteiger partial charge is 0.324 e. The first-order valence-corrected chi connectivity index (χ1v) is 4.82. The fraction of sp³-hybridized carbons (Fsp3) is 0.700. The number of carboxylic acids is 1. The van der Waals surface area contributed by atoms with Crippen LogP contribution in [0.15, 0.2) is 11.6 Å². The molecule has 0 bridgehead atoms.